The molecule has 2 N–H and O–H groups in total. The van der Waals surface area contributed by atoms with Gasteiger partial charge in [0.2, 0.25) is 0 Å². The molecule has 0 spiro atoms. The van der Waals surface area contributed by atoms with Crippen LogP contribution in [0.2, 0.25) is 0 Å². The molecule has 1 amide bonds. The van der Waals surface area contributed by atoms with Crippen molar-refractivity contribution in [2.24, 2.45) is 0 Å². The number of ether oxygens (including phenoxy) is 1. The molecule has 1 aromatic carbocycles. The predicted octanol–water partition coefficient (Wildman–Crippen LogP) is 2.49. The molecule has 0 saturated carbocycles. The fourth-order valence-electron chi connectivity index (χ4n) is 1.44. The highest BCUT2D eigenvalue weighted by molar-refractivity contribution is 5.71. The Labute approximate surface area is 112 Å². The zero-order valence-electron chi connectivity index (χ0n) is 10.2. The maximum Gasteiger partial charge on any atom is 0.422 e. The summed E-state index contributed by atoms with van der Waals surface area (Å²) < 4.78 is 39.6. The first-order valence-electron chi connectivity index (χ1n) is 5.54. The number of alkyl halides is 3. The number of halogens is 3. The number of amides is 1. The maximum atomic E-state index is 11.9. The van der Waals surface area contributed by atoms with Crippen molar-refractivity contribution in [2.75, 3.05) is 6.61 Å². The number of carboxylic acids is 1. The van der Waals surface area contributed by atoms with Gasteiger partial charge >= 0.3 is 18.2 Å². The summed E-state index contributed by atoms with van der Waals surface area (Å²) in [6, 6.07) is 7.06. The van der Waals surface area contributed by atoms with Gasteiger partial charge in [-0.15, -0.1) is 0 Å². The third-order valence-corrected chi connectivity index (χ3v) is 2.24. The van der Waals surface area contributed by atoms with Crippen LogP contribution in [-0.4, -0.2) is 30.0 Å². The normalized spacial score (nSPS) is 12.6. The van der Waals surface area contributed by atoms with Crippen molar-refractivity contribution in [1.29, 1.82) is 0 Å². The van der Waals surface area contributed by atoms with E-state index in [1.54, 1.807) is 30.3 Å². The number of carboxylic acid groups (broad SMARTS) is 1. The highest BCUT2D eigenvalue weighted by Gasteiger charge is 2.30. The summed E-state index contributed by atoms with van der Waals surface area (Å²) in [5, 5.41) is 10.8. The Kier molecular flexibility index (Phi) is 5.36. The van der Waals surface area contributed by atoms with Crippen LogP contribution < -0.4 is 5.32 Å². The Morgan fingerprint density at radius 2 is 1.85 bits per heavy atom. The van der Waals surface area contributed by atoms with E-state index in [4.69, 9.17) is 5.11 Å². The van der Waals surface area contributed by atoms with Crippen molar-refractivity contribution in [2.45, 2.75) is 18.6 Å². The summed E-state index contributed by atoms with van der Waals surface area (Å²) in [6.45, 7) is -1.73. The van der Waals surface area contributed by atoms with Gasteiger partial charge in [0.25, 0.3) is 0 Å². The molecule has 0 bridgehead atoms. The number of hydrogen-bond donors (Lipinski definition) is 2. The van der Waals surface area contributed by atoms with E-state index < -0.39 is 37.3 Å². The van der Waals surface area contributed by atoms with Gasteiger partial charge in [0.1, 0.15) is 0 Å². The molecule has 0 heterocycles. The van der Waals surface area contributed by atoms with Crippen LogP contribution in [0.3, 0.4) is 0 Å². The Hall–Kier alpha value is -2.25. The lowest BCUT2D eigenvalue weighted by molar-refractivity contribution is -0.160. The van der Waals surface area contributed by atoms with E-state index in [1.165, 1.54) is 0 Å². The number of rotatable bonds is 5. The lowest BCUT2D eigenvalue weighted by Crippen LogP contribution is -2.33. The van der Waals surface area contributed by atoms with E-state index in [2.05, 4.69) is 10.1 Å². The standard InChI is InChI=1S/C12H12F3NO4/c13-12(14,15)7-20-11(19)16-9(6-10(17)18)8-4-2-1-3-5-8/h1-5,9H,6-7H2,(H,16,19)(H,17,18). The molecule has 0 saturated heterocycles. The van der Waals surface area contributed by atoms with Crippen molar-refractivity contribution >= 4 is 12.1 Å². The first kappa shape index (κ1) is 15.8. The van der Waals surface area contributed by atoms with Crippen molar-refractivity contribution in [1.82, 2.24) is 5.32 Å². The fraction of sp³-hybridized carbons (Fsp3) is 0.333. The van der Waals surface area contributed by atoms with Crippen molar-refractivity contribution in [3.05, 3.63) is 35.9 Å². The van der Waals surface area contributed by atoms with E-state index in [9.17, 15) is 22.8 Å². The highest BCUT2D eigenvalue weighted by Crippen LogP contribution is 2.18. The van der Waals surface area contributed by atoms with Gasteiger partial charge in [-0.05, 0) is 5.56 Å². The van der Waals surface area contributed by atoms with Gasteiger partial charge in [0.05, 0.1) is 12.5 Å². The third-order valence-electron chi connectivity index (χ3n) is 2.24. The third kappa shape index (κ3) is 6.07. The van der Waals surface area contributed by atoms with Crippen LogP contribution in [0.5, 0.6) is 0 Å². The number of carbonyl (C=O) groups excluding carboxylic acids is 1. The van der Waals surface area contributed by atoms with E-state index >= 15 is 0 Å². The van der Waals surface area contributed by atoms with Crippen LogP contribution >= 0.6 is 0 Å². The molecule has 8 heteroatoms. The maximum absolute atomic E-state index is 11.9. The molecule has 0 fully saturated rings. The minimum atomic E-state index is -4.63. The Balaban J connectivity index is 2.66. The number of benzene rings is 1. The van der Waals surface area contributed by atoms with Gasteiger partial charge in [-0.2, -0.15) is 13.2 Å². The Morgan fingerprint density at radius 3 is 2.35 bits per heavy atom. The first-order valence-corrected chi connectivity index (χ1v) is 5.54. The van der Waals surface area contributed by atoms with Gasteiger partial charge in [0.15, 0.2) is 6.61 Å². The number of alkyl carbamates (subject to hydrolysis) is 1. The molecule has 1 aromatic rings. The number of hydrogen-bond acceptors (Lipinski definition) is 3. The van der Waals surface area contributed by atoms with Crippen molar-refractivity contribution in [3.8, 4) is 0 Å². The van der Waals surface area contributed by atoms with Gasteiger partial charge < -0.3 is 15.2 Å². The summed E-state index contributed by atoms with van der Waals surface area (Å²) in [4.78, 5) is 21.9. The Morgan fingerprint density at radius 1 is 1.25 bits per heavy atom. The SMILES string of the molecule is O=C(O)CC(NC(=O)OCC(F)(F)F)c1ccccc1. The molecule has 110 valence electrons. The molecular formula is C12H12F3NO4. The van der Waals surface area contributed by atoms with Crippen LogP contribution in [0.15, 0.2) is 30.3 Å². The van der Waals surface area contributed by atoms with Crippen LogP contribution in [-0.2, 0) is 9.53 Å². The van der Waals surface area contributed by atoms with E-state index in [0.29, 0.717) is 5.56 Å². The zero-order valence-corrected chi connectivity index (χ0v) is 10.2. The zero-order chi connectivity index (χ0) is 15.2. The van der Waals surface area contributed by atoms with Crippen LogP contribution in [0, 0.1) is 0 Å². The summed E-state index contributed by atoms with van der Waals surface area (Å²) in [5.74, 6) is -1.20. The van der Waals surface area contributed by atoms with Crippen molar-refractivity contribution < 1.29 is 32.6 Å². The number of aliphatic carboxylic acids is 1. The summed E-state index contributed by atoms with van der Waals surface area (Å²) in [5.41, 5.74) is 0.457. The number of carbonyl (C=O) groups is 2. The summed E-state index contributed by atoms with van der Waals surface area (Å²) in [6.07, 6.45) is -6.42. The lowest BCUT2D eigenvalue weighted by atomic mass is 10.0. The summed E-state index contributed by atoms with van der Waals surface area (Å²) in [7, 11) is 0. The lowest BCUT2D eigenvalue weighted by Gasteiger charge is -2.17. The molecule has 1 unspecified atom stereocenters. The topological polar surface area (TPSA) is 75.6 Å². The van der Waals surface area contributed by atoms with Gasteiger partial charge in [-0.25, -0.2) is 4.79 Å². The molecule has 0 radical (unpaired) electrons. The smallest absolute Gasteiger partial charge is 0.422 e. The highest BCUT2D eigenvalue weighted by atomic mass is 19.4. The van der Waals surface area contributed by atoms with Gasteiger partial charge in [0, 0.05) is 0 Å². The Bertz CT molecular complexity index is 462. The van der Waals surface area contributed by atoms with E-state index in [0.717, 1.165) is 0 Å². The van der Waals surface area contributed by atoms with E-state index in [1.807, 2.05) is 0 Å². The van der Waals surface area contributed by atoms with E-state index in [-0.39, 0.29) is 0 Å². The van der Waals surface area contributed by atoms with Crippen molar-refractivity contribution in [3.63, 3.8) is 0 Å². The monoisotopic (exact) mass is 291 g/mol. The van der Waals surface area contributed by atoms with Crippen LogP contribution in [0.25, 0.3) is 0 Å². The minimum Gasteiger partial charge on any atom is -0.481 e. The predicted molar refractivity (Wildman–Crippen MR) is 62.0 cm³/mol. The van der Waals surface area contributed by atoms with Gasteiger partial charge in [-0.3, -0.25) is 4.79 Å². The molecule has 0 aliphatic carbocycles. The van der Waals surface area contributed by atoms with Crippen LogP contribution in [0.4, 0.5) is 18.0 Å². The molecule has 1 atom stereocenters. The molecular weight excluding hydrogens is 279 g/mol. The fourth-order valence-corrected chi connectivity index (χ4v) is 1.44. The van der Waals surface area contributed by atoms with Crippen LogP contribution in [0.1, 0.15) is 18.0 Å². The van der Waals surface area contributed by atoms with Gasteiger partial charge in [-0.1, -0.05) is 30.3 Å². The average Bonchev–Trinajstić information content (AvgIpc) is 2.35. The first-order chi connectivity index (χ1) is 9.28. The average molecular weight is 291 g/mol. The quantitative estimate of drug-likeness (QED) is 0.874. The molecule has 20 heavy (non-hydrogen) atoms. The second-order valence-electron chi connectivity index (χ2n) is 3.90. The molecule has 0 aliphatic heterocycles. The molecule has 0 aromatic heterocycles. The molecule has 1 rings (SSSR count). The largest absolute Gasteiger partial charge is 0.481 e. The molecule has 0 aliphatic rings. The second-order valence-corrected chi connectivity index (χ2v) is 3.90. The summed E-state index contributed by atoms with van der Waals surface area (Å²) >= 11 is 0. The second kappa shape index (κ2) is 6.78. The number of nitrogens with one attached hydrogen (secondary N) is 1. The molecule has 5 nitrogen and oxygen atoms in total. The minimum absolute atomic E-state index is 0.457.